The molecule has 2 heterocycles. The van der Waals surface area contributed by atoms with Crippen LogP contribution in [0.15, 0.2) is 30.3 Å². The summed E-state index contributed by atoms with van der Waals surface area (Å²) in [5, 5.41) is -0.276. The van der Waals surface area contributed by atoms with Gasteiger partial charge in [0.1, 0.15) is 10.7 Å². The van der Waals surface area contributed by atoms with Gasteiger partial charge in [-0.15, -0.1) is 0 Å². The number of halogens is 1. The first-order valence-electron chi connectivity index (χ1n) is 7.73. The average Bonchev–Trinajstić information content (AvgIpc) is 3.01. The highest BCUT2D eigenvalue weighted by atomic mass is 35.5. The van der Waals surface area contributed by atoms with Crippen LogP contribution in [0, 0.1) is 47.3 Å². The molecule has 2 heteroatoms. The molecule has 8 rings (SSSR count). The third kappa shape index (κ3) is 0.600. The molecule has 7 fully saturated rings. The third-order valence-electron chi connectivity index (χ3n) is 7.95. The predicted molar refractivity (Wildman–Crippen MR) is 70.3 cm³/mol. The van der Waals surface area contributed by atoms with Gasteiger partial charge in [0.2, 0.25) is 0 Å². The van der Waals surface area contributed by atoms with Crippen LogP contribution in [0.4, 0.5) is 0 Å². The molecule has 1 nitrogen and oxygen atoms in total. The van der Waals surface area contributed by atoms with Crippen LogP contribution in [0.1, 0.15) is 12.0 Å². The molecule has 96 valence electrons. The highest BCUT2D eigenvalue weighted by molar-refractivity contribution is 6.24. The van der Waals surface area contributed by atoms with Crippen molar-refractivity contribution in [2.24, 2.45) is 47.3 Å². The van der Waals surface area contributed by atoms with E-state index in [1.54, 1.807) is 0 Å². The van der Waals surface area contributed by atoms with Crippen molar-refractivity contribution in [3.8, 4) is 0 Å². The Bertz CT molecular complexity index is 644. The molecule has 0 amide bonds. The Morgan fingerprint density at radius 3 is 2.53 bits per heavy atom. The monoisotopic (exact) mass is 270 g/mol. The highest BCUT2D eigenvalue weighted by Gasteiger charge is 2.97. The van der Waals surface area contributed by atoms with Crippen LogP contribution in [-0.4, -0.2) is 5.06 Å². The molecular weight excluding hydrogens is 256 g/mol. The van der Waals surface area contributed by atoms with Crippen molar-refractivity contribution in [1.29, 1.82) is 0 Å². The number of alkyl halides is 1. The fourth-order valence-electron chi connectivity index (χ4n) is 8.15. The van der Waals surface area contributed by atoms with Gasteiger partial charge in [-0.05, 0) is 35.7 Å². The summed E-state index contributed by atoms with van der Waals surface area (Å²) < 4.78 is 6.69. The fourth-order valence-corrected chi connectivity index (χ4v) is 8.85. The summed E-state index contributed by atoms with van der Waals surface area (Å²) in [5.41, 5.74) is 1.43. The molecule has 1 aromatic carbocycles. The molecule has 0 radical (unpaired) electrons. The van der Waals surface area contributed by atoms with E-state index < -0.39 is 0 Å². The van der Waals surface area contributed by atoms with Crippen molar-refractivity contribution in [2.75, 3.05) is 0 Å². The first-order chi connectivity index (χ1) is 9.28. The van der Waals surface area contributed by atoms with Gasteiger partial charge < -0.3 is 4.74 Å². The number of ether oxygens (including phenoxy) is 1. The predicted octanol–water partition coefficient (Wildman–Crippen LogP) is 3.23. The minimum atomic E-state index is -0.276. The standard InChI is InChI=1S/C17H15ClO/c18-17-13-9-6-8-10-11(9)15(17)14(10)16(19-17,12(8)13)7-4-2-1-3-5-7/h1-5,8-15H,6H2/t8-,9-,10+,11+,12+,13+,14+,15+,16-,17-/m0/s1. The fraction of sp³-hybridized carbons (Fsp3) is 0.647. The first kappa shape index (κ1) is 9.41. The van der Waals surface area contributed by atoms with Crippen LogP contribution in [0.3, 0.4) is 0 Å². The normalized spacial score (nSPS) is 71.4. The largest absolute Gasteiger partial charge is 0.347 e. The molecule has 0 unspecified atom stereocenters. The third-order valence-corrected chi connectivity index (χ3v) is 8.53. The van der Waals surface area contributed by atoms with Crippen molar-refractivity contribution >= 4 is 11.6 Å². The summed E-state index contributed by atoms with van der Waals surface area (Å²) in [5.74, 6) is 6.57. The minimum absolute atomic E-state index is 0.00935. The Kier molecular flexibility index (Phi) is 1.14. The molecule has 0 spiro atoms. The number of hydrogen-bond donors (Lipinski definition) is 0. The van der Waals surface area contributed by atoms with E-state index in [0.717, 1.165) is 35.5 Å². The molecule has 0 aromatic heterocycles. The van der Waals surface area contributed by atoms with Gasteiger partial charge in [0, 0.05) is 23.7 Å². The molecule has 2 saturated heterocycles. The quantitative estimate of drug-likeness (QED) is 0.712. The summed E-state index contributed by atoms with van der Waals surface area (Å²) in [6.45, 7) is 0. The van der Waals surface area contributed by atoms with Crippen molar-refractivity contribution in [3.05, 3.63) is 35.9 Å². The Morgan fingerprint density at radius 1 is 0.947 bits per heavy atom. The van der Waals surface area contributed by atoms with E-state index in [9.17, 15) is 0 Å². The molecule has 0 N–H and O–H groups in total. The van der Waals surface area contributed by atoms with Gasteiger partial charge in [0.15, 0.2) is 0 Å². The van der Waals surface area contributed by atoms with Gasteiger partial charge in [0.05, 0.1) is 0 Å². The zero-order chi connectivity index (χ0) is 12.1. The van der Waals surface area contributed by atoms with Crippen LogP contribution >= 0.6 is 11.6 Å². The Hall–Kier alpha value is -0.530. The number of benzene rings is 1. The first-order valence-corrected chi connectivity index (χ1v) is 8.11. The van der Waals surface area contributed by atoms with E-state index in [0.29, 0.717) is 11.8 Å². The maximum Gasteiger partial charge on any atom is 0.149 e. The highest BCUT2D eigenvalue weighted by Crippen LogP contribution is 2.95. The van der Waals surface area contributed by atoms with Crippen LogP contribution in [-0.2, 0) is 10.3 Å². The van der Waals surface area contributed by atoms with Crippen molar-refractivity contribution in [1.82, 2.24) is 0 Å². The summed E-state index contributed by atoms with van der Waals surface area (Å²) in [4.78, 5) is 0. The lowest BCUT2D eigenvalue weighted by atomic mass is 9.56. The summed E-state index contributed by atoms with van der Waals surface area (Å²) in [6, 6.07) is 11.0. The molecule has 2 aliphatic heterocycles. The van der Waals surface area contributed by atoms with Crippen LogP contribution in [0.25, 0.3) is 0 Å². The number of hydrogen-bond acceptors (Lipinski definition) is 1. The van der Waals surface area contributed by atoms with E-state index in [1.165, 1.54) is 12.0 Å². The molecule has 19 heavy (non-hydrogen) atoms. The van der Waals surface area contributed by atoms with Crippen molar-refractivity contribution in [2.45, 2.75) is 17.1 Å². The lowest BCUT2D eigenvalue weighted by molar-refractivity contribution is -0.0441. The molecule has 5 aliphatic carbocycles. The second kappa shape index (κ2) is 2.29. The van der Waals surface area contributed by atoms with E-state index >= 15 is 0 Å². The van der Waals surface area contributed by atoms with Gasteiger partial charge in [-0.1, -0.05) is 41.9 Å². The lowest BCUT2D eigenvalue weighted by Gasteiger charge is -2.46. The molecule has 5 saturated carbocycles. The van der Waals surface area contributed by atoms with Gasteiger partial charge >= 0.3 is 0 Å². The maximum atomic E-state index is 7.05. The van der Waals surface area contributed by atoms with E-state index in [1.807, 2.05) is 0 Å². The van der Waals surface area contributed by atoms with Gasteiger partial charge in [-0.25, -0.2) is 0 Å². The van der Waals surface area contributed by atoms with E-state index in [-0.39, 0.29) is 10.7 Å². The average molecular weight is 271 g/mol. The van der Waals surface area contributed by atoms with Crippen LogP contribution in [0.2, 0.25) is 0 Å². The molecular formula is C17H15ClO. The Morgan fingerprint density at radius 2 is 1.68 bits per heavy atom. The maximum absolute atomic E-state index is 7.05. The minimum Gasteiger partial charge on any atom is -0.347 e. The van der Waals surface area contributed by atoms with Gasteiger partial charge in [-0.2, -0.15) is 0 Å². The van der Waals surface area contributed by atoms with Crippen LogP contribution < -0.4 is 0 Å². The van der Waals surface area contributed by atoms with Gasteiger partial charge in [0.25, 0.3) is 0 Å². The summed E-state index contributed by atoms with van der Waals surface area (Å²) in [7, 11) is 0. The van der Waals surface area contributed by atoms with E-state index in [2.05, 4.69) is 30.3 Å². The summed E-state index contributed by atoms with van der Waals surface area (Å²) >= 11 is 7.05. The molecule has 4 bridgehead atoms. The second-order valence-corrected chi connectivity index (χ2v) is 8.37. The molecule has 1 aromatic rings. The number of rotatable bonds is 1. The van der Waals surface area contributed by atoms with Crippen molar-refractivity contribution in [3.63, 3.8) is 0 Å². The zero-order valence-electron chi connectivity index (χ0n) is 10.5. The van der Waals surface area contributed by atoms with Crippen LogP contribution in [0.5, 0.6) is 0 Å². The molecule has 7 aliphatic rings. The van der Waals surface area contributed by atoms with Crippen molar-refractivity contribution < 1.29 is 4.74 Å². The second-order valence-electron chi connectivity index (χ2n) is 7.78. The Labute approximate surface area is 117 Å². The molecule has 10 atom stereocenters. The zero-order valence-corrected chi connectivity index (χ0v) is 11.3. The lowest BCUT2D eigenvalue weighted by Crippen LogP contribution is -2.49. The topological polar surface area (TPSA) is 9.23 Å². The van der Waals surface area contributed by atoms with Gasteiger partial charge in [-0.3, -0.25) is 0 Å². The summed E-state index contributed by atoms with van der Waals surface area (Å²) in [6.07, 6.45) is 1.46. The van der Waals surface area contributed by atoms with E-state index in [4.69, 9.17) is 16.3 Å². The smallest absolute Gasteiger partial charge is 0.149 e. The SMILES string of the molecule is Cl[C@@]12O[C@@]3(c4ccccc4)[C@@H]4[C@H]5C[C@@H]([C@@H]6[C@@H]5[C@@H]3[C@@H]61)[C@H]42. The Balaban J connectivity index is 1.59.